The summed E-state index contributed by atoms with van der Waals surface area (Å²) in [5.41, 5.74) is 8.53. The van der Waals surface area contributed by atoms with Gasteiger partial charge < -0.3 is 15.8 Å². The second kappa shape index (κ2) is 10.4. The molecule has 3 rings (SSSR count). The first-order valence-corrected chi connectivity index (χ1v) is 9.54. The van der Waals surface area contributed by atoms with Crippen LogP contribution in [0.3, 0.4) is 0 Å². The average Bonchev–Trinajstić information content (AvgIpc) is 2.67. The minimum Gasteiger partial charge on any atom is -0.491 e. The van der Waals surface area contributed by atoms with Gasteiger partial charge in [0.2, 0.25) is 5.91 Å². The molecule has 1 atom stereocenters. The van der Waals surface area contributed by atoms with Gasteiger partial charge in [0.25, 0.3) is 0 Å². The molecule has 1 amide bonds. The first-order valence-electron chi connectivity index (χ1n) is 9.54. The molecule has 7 heteroatoms. The maximum atomic E-state index is 12.3. The van der Waals surface area contributed by atoms with E-state index in [4.69, 9.17) is 20.1 Å². The van der Waals surface area contributed by atoms with Crippen molar-refractivity contribution in [2.24, 2.45) is 5.92 Å². The van der Waals surface area contributed by atoms with Crippen LogP contribution >= 0.6 is 0 Å². The molecule has 0 aliphatic heterocycles. The predicted octanol–water partition coefficient (Wildman–Crippen LogP) is 3.01. The van der Waals surface area contributed by atoms with Crippen molar-refractivity contribution in [1.29, 1.82) is 0 Å². The van der Waals surface area contributed by atoms with E-state index >= 15 is 0 Å². The summed E-state index contributed by atoms with van der Waals surface area (Å²) >= 11 is 0. The average molecular weight is 385 g/mol. The van der Waals surface area contributed by atoms with E-state index in [1.165, 1.54) is 6.42 Å². The highest BCUT2D eigenvalue weighted by atomic mass is 16.5. The minimum absolute atomic E-state index is 0.0516. The van der Waals surface area contributed by atoms with E-state index in [1.54, 1.807) is 0 Å². The molecule has 0 spiro atoms. The number of fused-ring (bicyclic) bond motifs is 1. The van der Waals surface area contributed by atoms with Crippen molar-refractivity contribution in [2.45, 2.75) is 52.0 Å². The molecule has 0 radical (unpaired) electrons. The minimum atomic E-state index is -0.0516. The van der Waals surface area contributed by atoms with E-state index in [0.717, 1.165) is 42.3 Å². The number of nitrogens with one attached hydrogen (secondary N) is 1. The van der Waals surface area contributed by atoms with Gasteiger partial charge in [0.05, 0.1) is 16.9 Å². The molecule has 1 aromatic carbocycles. The molecule has 3 N–H and O–H groups in total. The lowest BCUT2D eigenvalue weighted by molar-refractivity contribution is -0.191. The summed E-state index contributed by atoms with van der Waals surface area (Å²) in [6, 6.07) is 7.54. The molecule has 1 aromatic heterocycles. The lowest BCUT2D eigenvalue weighted by Crippen LogP contribution is -2.40. The van der Waals surface area contributed by atoms with Gasteiger partial charge in [0, 0.05) is 17.3 Å². The van der Waals surface area contributed by atoms with Crippen molar-refractivity contribution in [2.75, 3.05) is 12.3 Å². The van der Waals surface area contributed by atoms with E-state index in [2.05, 4.69) is 10.3 Å². The molecule has 7 nitrogen and oxygen atoms in total. The van der Waals surface area contributed by atoms with Crippen molar-refractivity contribution < 1.29 is 19.1 Å². The lowest BCUT2D eigenvalue weighted by Gasteiger charge is -2.23. The monoisotopic (exact) mass is 385 g/mol. The molecular formula is C21H27N3O4. The van der Waals surface area contributed by atoms with Gasteiger partial charge in [-0.25, -0.2) is 0 Å². The highest BCUT2D eigenvalue weighted by Crippen LogP contribution is 2.30. The van der Waals surface area contributed by atoms with Crippen LogP contribution in [0.5, 0.6) is 5.75 Å². The topological polar surface area (TPSA) is 111 Å². The largest absolute Gasteiger partial charge is 0.491 e. The normalized spacial score (nSPS) is 15.1. The Labute approximate surface area is 164 Å². The van der Waals surface area contributed by atoms with Gasteiger partial charge in [0.1, 0.15) is 12.4 Å². The SMILES string of the molecule is Cc1cc(N)c2c(OC[C@H](C)NC(=O)C3CCCCC3)cccc2n1.O=C=O. The molecule has 1 heterocycles. The summed E-state index contributed by atoms with van der Waals surface area (Å²) in [6.07, 6.45) is 5.82. The molecular weight excluding hydrogens is 358 g/mol. The highest BCUT2D eigenvalue weighted by Gasteiger charge is 2.22. The van der Waals surface area contributed by atoms with Crippen molar-refractivity contribution >= 4 is 28.6 Å². The number of hydrogen-bond acceptors (Lipinski definition) is 6. The zero-order chi connectivity index (χ0) is 20.5. The van der Waals surface area contributed by atoms with E-state index in [9.17, 15) is 4.79 Å². The molecule has 150 valence electrons. The first-order chi connectivity index (χ1) is 13.5. The highest BCUT2D eigenvalue weighted by molar-refractivity contribution is 5.95. The molecule has 28 heavy (non-hydrogen) atoms. The molecule has 0 bridgehead atoms. The van der Waals surface area contributed by atoms with Crippen LogP contribution in [0, 0.1) is 12.8 Å². The second-order valence-corrected chi connectivity index (χ2v) is 7.14. The van der Waals surface area contributed by atoms with Crippen LogP contribution in [0.4, 0.5) is 5.69 Å². The number of aryl methyl sites for hydroxylation is 1. The fraction of sp³-hybridized carbons (Fsp3) is 0.476. The molecule has 1 aliphatic rings. The number of carbonyl (C=O) groups excluding carboxylic acids is 3. The van der Waals surface area contributed by atoms with Gasteiger partial charge in [0.15, 0.2) is 0 Å². The Morgan fingerprint density at radius 2 is 2.00 bits per heavy atom. The number of amides is 1. The van der Waals surface area contributed by atoms with Crippen LogP contribution in [-0.4, -0.2) is 29.7 Å². The smallest absolute Gasteiger partial charge is 0.373 e. The number of ether oxygens (including phenoxy) is 1. The second-order valence-electron chi connectivity index (χ2n) is 7.14. The Hall–Kier alpha value is -2.92. The number of aromatic nitrogens is 1. The third-order valence-corrected chi connectivity index (χ3v) is 4.81. The Kier molecular flexibility index (Phi) is 7.96. The molecule has 0 unspecified atom stereocenters. The summed E-state index contributed by atoms with van der Waals surface area (Å²) in [4.78, 5) is 33.1. The maximum Gasteiger partial charge on any atom is 0.373 e. The number of carbonyl (C=O) groups is 1. The number of rotatable bonds is 5. The van der Waals surface area contributed by atoms with Gasteiger partial charge in [-0.1, -0.05) is 25.3 Å². The lowest BCUT2D eigenvalue weighted by atomic mass is 9.88. The van der Waals surface area contributed by atoms with Crippen LogP contribution in [0.1, 0.15) is 44.7 Å². The summed E-state index contributed by atoms with van der Waals surface area (Å²) in [7, 11) is 0. The van der Waals surface area contributed by atoms with Crippen molar-refractivity contribution in [3.05, 3.63) is 30.0 Å². The van der Waals surface area contributed by atoms with Crippen LogP contribution in [0.15, 0.2) is 24.3 Å². The van der Waals surface area contributed by atoms with Crippen molar-refractivity contribution in [3.63, 3.8) is 0 Å². The Morgan fingerprint density at radius 1 is 1.32 bits per heavy atom. The van der Waals surface area contributed by atoms with Gasteiger partial charge >= 0.3 is 6.15 Å². The number of nitrogen functional groups attached to an aromatic ring is 1. The number of benzene rings is 1. The third-order valence-electron chi connectivity index (χ3n) is 4.81. The number of hydrogen-bond donors (Lipinski definition) is 2. The molecule has 2 aromatic rings. The molecule has 1 aliphatic carbocycles. The van der Waals surface area contributed by atoms with Gasteiger partial charge in [-0.15, -0.1) is 0 Å². The van der Waals surface area contributed by atoms with Gasteiger partial charge in [-0.2, -0.15) is 9.59 Å². The van der Waals surface area contributed by atoms with Crippen LogP contribution in [-0.2, 0) is 14.4 Å². The third kappa shape index (κ3) is 5.79. The first kappa shape index (κ1) is 21.4. The predicted molar refractivity (Wildman–Crippen MR) is 106 cm³/mol. The van der Waals surface area contributed by atoms with Crippen molar-refractivity contribution in [3.8, 4) is 5.75 Å². The molecule has 1 saturated carbocycles. The summed E-state index contributed by atoms with van der Waals surface area (Å²) in [5.74, 6) is 1.03. The van der Waals surface area contributed by atoms with E-state index in [-0.39, 0.29) is 24.0 Å². The molecule has 0 saturated heterocycles. The maximum absolute atomic E-state index is 12.3. The fourth-order valence-corrected chi connectivity index (χ4v) is 3.52. The van der Waals surface area contributed by atoms with E-state index in [1.807, 2.05) is 38.1 Å². The van der Waals surface area contributed by atoms with E-state index in [0.29, 0.717) is 18.0 Å². The summed E-state index contributed by atoms with van der Waals surface area (Å²) in [6.45, 7) is 4.30. The fourth-order valence-electron chi connectivity index (χ4n) is 3.52. The van der Waals surface area contributed by atoms with Crippen LogP contribution < -0.4 is 15.8 Å². The van der Waals surface area contributed by atoms with Crippen molar-refractivity contribution in [1.82, 2.24) is 10.3 Å². The van der Waals surface area contributed by atoms with Gasteiger partial charge in [-0.05, 0) is 44.9 Å². The standard InChI is InChI=1S/C20H27N3O2.CO2/c1-13-11-16(21)19-17(22-13)9-6-10-18(19)25-12-14(2)23-20(24)15-7-4-3-5-8-15;2-1-3/h6,9-11,14-15H,3-5,7-8,12H2,1-2H3,(H2,21,22)(H,23,24);/t14-;/m0./s1. The summed E-state index contributed by atoms with van der Waals surface area (Å²) in [5, 5.41) is 3.91. The Balaban J connectivity index is 0.000000878. The summed E-state index contributed by atoms with van der Waals surface area (Å²) < 4.78 is 5.96. The van der Waals surface area contributed by atoms with Gasteiger partial charge in [-0.3, -0.25) is 9.78 Å². The zero-order valence-electron chi connectivity index (χ0n) is 16.4. The Morgan fingerprint density at radius 3 is 2.68 bits per heavy atom. The number of anilines is 1. The number of pyridine rings is 1. The Bertz CT molecular complexity index is 841. The quantitative estimate of drug-likeness (QED) is 0.818. The molecule has 1 fully saturated rings. The van der Waals surface area contributed by atoms with Crippen LogP contribution in [0.25, 0.3) is 10.9 Å². The number of nitrogens with zero attached hydrogens (tertiary/aromatic N) is 1. The van der Waals surface area contributed by atoms with Crippen LogP contribution in [0.2, 0.25) is 0 Å². The van der Waals surface area contributed by atoms with E-state index < -0.39 is 0 Å². The zero-order valence-corrected chi connectivity index (χ0v) is 16.4. The number of nitrogens with two attached hydrogens (primary N) is 1.